The molecule has 206 valence electrons. The van der Waals surface area contributed by atoms with Crippen LogP contribution in [0, 0.1) is 0 Å². The van der Waals surface area contributed by atoms with Crippen molar-refractivity contribution in [3.63, 3.8) is 0 Å². The Morgan fingerprint density at radius 3 is 2.03 bits per heavy atom. The Balaban J connectivity index is 5.54. The van der Waals surface area contributed by atoms with Crippen LogP contribution >= 0.6 is 11.8 Å². The molecule has 36 heavy (non-hydrogen) atoms. The standard InChI is InChI=1S/C20H38N8O7S/c1-10(29)15(28-16(31)11(21)7-9-36-2)18(33)26-12(4-3-8-25-20(23)24)17(32)27-13(19(34)35)5-6-14(22)30/h10-13,15,29H,3-9,21H2,1-2H3,(H2,22,30)(H,26,33)(H,27,32)(H,28,31)(H,34,35)(H4,23,24,25). The Morgan fingerprint density at radius 1 is 0.917 bits per heavy atom. The van der Waals surface area contributed by atoms with Gasteiger partial charge in [0.2, 0.25) is 23.6 Å². The van der Waals surface area contributed by atoms with Crippen LogP contribution in [-0.2, 0) is 24.0 Å². The van der Waals surface area contributed by atoms with Gasteiger partial charge in [-0.05, 0) is 44.6 Å². The molecular weight excluding hydrogens is 496 g/mol. The molecule has 0 rings (SSSR count). The van der Waals surface area contributed by atoms with Gasteiger partial charge >= 0.3 is 5.97 Å². The van der Waals surface area contributed by atoms with E-state index in [0.29, 0.717) is 12.2 Å². The fourth-order valence-electron chi connectivity index (χ4n) is 2.89. The van der Waals surface area contributed by atoms with E-state index < -0.39 is 59.9 Å². The molecular formula is C20H38N8O7S. The zero-order valence-corrected chi connectivity index (χ0v) is 21.3. The SMILES string of the molecule is CSCCC(N)C(=O)NC(C(=O)NC(CCCN=C(N)N)C(=O)NC(CCC(N)=O)C(=O)O)C(C)O. The van der Waals surface area contributed by atoms with E-state index in [4.69, 9.17) is 22.9 Å². The number of carboxylic acids is 1. The molecule has 0 aromatic carbocycles. The summed E-state index contributed by atoms with van der Waals surface area (Å²) in [4.78, 5) is 64.4. The van der Waals surface area contributed by atoms with Crippen molar-refractivity contribution in [2.45, 2.75) is 69.3 Å². The maximum absolute atomic E-state index is 12.9. The largest absolute Gasteiger partial charge is 0.480 e. The van der Waals surface area contributed by atoms with E-state index in [-0.39, 0.29) is 38.2 Å². The number of nitrogens with two attached hydrogens (primary N) is 4. The fraction of sp³-hybridized carbons (Fsp3) is 0.700. The van der Waals surface area contributed by atoms with Crippen molar-refractivity contribution in [1.82, 2.24) is 16.0 Å². The number of carbonyl (C=O) groups excluding carboxylic acids is 4. The number of aliphatic hydroxyl groups excluding tert-OH is 1. The number of aliphatic hydroxyl groups is 1. The van der Waals surface area contributed by atoms with E-state index in [1.807, 2.05) is 6.26 Å². The molecule has 13 N–H and O–H groups in total. The highest BCUT2D eigenvalue weighted by atomic mass is 32.2. The summed E-state index contributed by atoms with van der Waals surface area (Å²) in [5.74, 6) is -4.12. The average molecular weight is 535 g/mol. The molecule has 0 fully saturated rings. The first-order valence-electron chi connectivity index (χ1n) is 11.2. The van der Waals surface area contributed by atoms with Gasteiger partial charge in [0.15, 0.2) is 5.96 Å². The van der Waals surface area contributed by atoms with Gasteiger partial charge in [0.1, 0.15) is 18.1 Å². The van der Waals surface area contributed by atoms with Crippen LogP contribution in [0.15, 0.2) is 4.99 Å². The second-order valence-electron chi connectivity index (χ2n) is 8.03. The third-order valence-electron chi connectivity index (χ3n) is 4.90. The maximum atomic E-state index is 12.9. The van der Waals surface area contributed by atoms with Gasteiger partial charge in [0.25, 0.3) is 0 Å². The van der Waals surface area contributed by atoms with E-state index in [0.717, 1.165) is 0 Å². The fourth-order valence-corrected chi connectivity index (χ4v) is 3.38. The van der Waals surface area contributed by atoms with Crippen LogP contribution in [0.1, 0.15) is 39.0 Å². The molecule has 0 aromatic heterocycles. The van der Waals surface area contributed by atoms with Gasteiger partial charge in [-0.1, -0.05) is 0 Å². The summed E-state index contributed by atoms with van der Waals surface area (Å²) in [5.41, 5.74) is 21.4. The number of thioether (sulfide) groups is 1. The normalized spacial score (nSPS) is 14.9. The Kier molecular flexibility index (Phi) is 15.8. The third kappa shape index (κ3) is 13.7. The van der Waals surface area contributed by atoms with Crippen molar-refractivity contribution >= 4 is 47.3 Å². The minimum atomic E-state index is -1.44. The molecule has 0 bridgehead atoms. The second kappa shape index (κ2) is 17.3. The third-order valence-corrected chi connectivity index (χ3v) is 5.55. The number of hydrogen-bond acceptors (Lipinski definition) is 9. The van der Waals surface area contributed by atoms with Gasteiger partial charge in [0.05, 0.1) is 12.1 Å². The molecule has 0 aliphatic rings. The number of carbonyl (C=O) groups is 5. The summed E-state index contributed by atoms with van der Waals surface area (Å²) in [5, 5.41) is 26.5. The van der Waals surface area contributed by atoms with E-state index in [9.17, 15) is 34.2 Å². The predicted octanol–water partition coefficient (Wildman–Crippen LogP) is -3.69. The molecule has 0 radical (unpaired) electrons. The number of amides is 4. The molecule has 0 aliphatic carbocycles. The highest BCUT2D eigenvalue weighted by molar-refractivity contribution is 7.98. The van der Waals surface area contributed by atoms with Crippen LogP contribution in [0.4, 0.5) is 0 Å². The number of guanidine groups is 1. The molecule has 0 heterocycles. The van der Waals surface area contributed by atoms with E-state index >= 15 is 0 Å². The first kappa shape index (κ1) is 32.9. The minimum absolute atomic E-state index is 0.00970. The minimum Gasteiger partial charge on any atom is -0.480 e. The van der Waals surface area contributed by atoms with E-state index in [1.165, 1.54) is 18.7 Å². The van der Waals surface area contributed by atoms with Crippen LogP contribution in [-0.4, -0.2) is 94.6 Å². The van der Waals surface area contributed by atoms with Crippen molar-refractivity contribution in [1.29, 1.82) is 0 Å². The van der Waals surface area contributed by atoms with Crippen LogP contribution < -0.4 is 38.9 Å². The van der Waals surface area contributed by atoms with E-state index in [2.05, 4.69) is 20.9 Å². The molecule has 0 spiro atoms. The molecule has 0 aromatic rings. The lowest BCUT2D eigenvalue weighted by atomic mass is 10.1. The topological polar surface area (TPSA) is 278 Å². The average Bonchev–Trinajstić information content (AvgIpc) is 2.79. The Bertz CT molecular complexity index is 792. The van der Waals surface area contributed by atoms with Crippen molar-refractivity contribution in [2.75, 3.05) is 18.6 Å². The number of carboxylic acid groups (broad SMARTS) is 1. The van der Waals surface area contributed by atoms with Gasteiger partial charge in [0, 0.05) is 13.0 Å². The predicted molar refractivity (Wildman–Crippen MR) is 134 cm³/mol. The van der Waals surface area contributed by atoms with Gasteiger partial charge in [-0.25, -0.2) is 4.79 Å². The van der Waals surface area contributed by atoms with Gasteiger partial charge in [-0.3, -0.25) is 24.2 Å². The van der Waals surface area contributed by atoms with Crippen LogP contribution in [0.3, 0.4) is 0 Å². The second-order valence-corrected chi connectivity index (χ2v) is 9.01. The first-order chi connectivity index (χ1) is 16.8. The van der Waals surface area contributed by atoms with Crippen LogP contribution in [0.25, 0.3) is 0 Å². The lowest BCUT2D eigenvalue weighted by Gasteiger charge is -2.26. The molecule has 0 saturated heterocycles. The summed E-state index contributed by atoms with van der Waals surface area (Å²) >= 11 is 1.49. The highest BCUT2D eigenvalue weighted by Gasteiger charge is 2.32. The summed E-state index contributed by atoms with van der Waals surface area (Å²) in [6.07, 6.45) is 0.521. The first-order valence-corrected chi connectivity index (χ1v) is 12.6. The summed E-state index contributed by atoms with van der Waals surface area (Å²) in [6.45, 7) is 1.39. The van der Waals surface area contributed by atoms with Crippen molar-refractivity contribution in [2.24, 2.45) is 27.9 Å². The molecule has 16 heteroatoms. The summed E-state index contributed by atoms with van der Waals surface area (Å²) in [7, 11) is 0. The number of aliphatic imine (C=N–C) groups is 1. The highest BCUT2D eigenvalue weighted by Crippen LogP contribution is 2.06. The van der Waals surface area contributed by atoms with Gasteiger partial charge in [-0.15, -0.1) is 0 Å². The summed E-state index contributed by atoms with van der Waals surface area (Å²) in [6, 6.07) is -5.06. The molecule has 0 saturated carbocycles. The molecule has 5 unspecified atom stereocenters. The number of hydrogen-bond donors (Lipinski definition) is 9. The lowest BCUT2D eigenvalue weighted by molar-refractivity contribution is -0.142. The zero-order chi connectivity index (χ0) is 27.8. The molecule has 4 amide bonds. The number of nitrogens with zero attached hydrogens (tertiary/aromatic N) is 1. The van der Waals surface area contributed by atoms with Crippen molar-refractivity contribution in [3.05, 3.63) is 0 Å². The Morgan fingerprint density at radius 2 is 1.53 bits per heavy atom. The van der Waals surface area contributed by atoms with Crippen molar-refractivity contribution < 1.29 is 34.2 Å². The van der Waals surface area contributed by atoms with Crippen LogP contribution in [0.2, 0.25) is 0 Å². The monoisotopic (exact) mass is 534 g/mol. The zero-order valence-electron chi connectivity index (χ0n) is 20.4. The van der Waals surface area contributed by atoms with Crippen molar-refractivity contribution in [3.8, 4) is 0 Å². The molecule has 0 aliphatic heterocycles. The summed E-state index contributed by atoms with van der Waals surface area (Å²) < 4.78 is 0. The quantitative estimate of drug-likeness (QED) is 0.0468. The number of primary amides is 1. The van der Waals surface area contributed by atoms with E-state index in [1.54, 1.807) is 0 Å². The Labute approximate surface area is 213 Å². The maximum Gasteiger partial charge on any atom is 0.326 e. The Hall–Kier alpha value is -3.11. The van der Waals surface area contributed by atoms with Crippen LogP contribution in [0.5, 0.6) is 0 Å². The molecule has 5 atom stereocenters. The number of rotatable bonds is 18. The van der Waals surface area contributed by atoms with Gasteiger partial charge in [-0.2, -0.15) is 11.8 Å². The van der Waals surface area contributed by atoms with Gasteiger partial charge < -0.3 is 49.1 Å². The molecule has 15 nitrogen and oxygen atoms in total. The smallest absolute Gasteiger partial charge is 0.326 e. The lowest BCUT2D eigenvalue weighted by Crippen LogP contribution is -2.59. The number of aliphatic carboxylic acids is 1. The number of nitrogens with one attached hydrogen (secondary N) is 3.